The lowest BCUT2D eigenvalue weighted by Crippen LogP contribution is -2.28. The van der Waals surface area contributed by atoms with Gasteiger partial charge in [0, 0.05) is 10.3 Å². The second-order valence-electron chi connectivity index (χ2n) is 6.77. The van der Waals surface area contributed by atoms with Crippen molar-refractivity contribution in [1.82, 2.24) is 10.3 Å². The van der Waals surface area contributed by atoms with Crippen LogP contribution in [0.4, 0.5) is 5.13 Å². The molecule has 3 rings (SSSR count). The van der Waals surface area contributed by atoms with Crippen LogP contribution >= 0.6 is 22.7 Å². The zero-order chi connectivity index (χ0) is 20.1. The Labute approximate surface area is 172 Å². The quantitative estimate of drug-likeness (QED) is 0.602. The molecule has 2 aromatic heterocycles. The lowest BCUT2D eigenvalue weighted by Gasteiger charge is -2.17. The largest absolute Gasteiger partial charge is 0.349 e. The maximum atomic E-state index is 12.4. The van der Waals surface area contributed by atoms with E-state index in [2.05, 4.69) is 33.8 Å². The predicted molar refractivity (Wildman–Crippen MR) is 115 cm³/mol. The standard InChI is InChI=1S/C21H23N3O2S2/c1-13-6-7-14(2)18(9-13)15(3)22-19(25)10-16-12-28-21(23-16)24-20(26)11-17-5-4-8-27-17/h4-9,12,15H,10-11H2,1-3H3,(H,22,25)(H,23,24,26). The fourth-order valence-electron chi connectivity index (χ4n) is 2.94. The van der Waals surface area contributed by atoms with Crippen molar-refractivity contribution in [1.29, 1.82) is 0 Å². The highest BCUT2D eigenvalue weighted by Gasteiger charge is 2.14. The number of amides is 2. The molecule has 1 atom stereocenters. The second-order valence-corrected chi connectivity index (χ2v) is 8.66. The number of benzene rings is 1. The molecule has 2 amide bonds. The Hall–Kier alpha value is -2.51. The minimum Gasteiger partial charge on any atom is -0.349 e. The summed E-state index contributed by atoms with van der Waals surface area (Å²) in [4.78, 5) is 29.8. The average Bonchev–Trinajstić information content (AvgIpc) is 3.29. The van der Waals surface area contributed by atoms with Crippen molar-refractivity contribution in [2.24, 2.45) is 0 Å². The molecule has 0 spiro atoms. The third-order valence-corrected chi connectivity index (χ3v) is 6.02. The van der Waals surface area contributed by atoms with Crippen LogP contribution in [0.2, 0.25) is 0 Å². The highest BCUT2D eigenvalue weighted by atomic mass is 32.1. The molecule has 1 unspecified atom stereocenters. The highest BCUT2D eigenvalue weighted by Crippen LogP contribution is 2.20. The van der Waals surface area contributed by atoms with Crippen LogP contribution in [0.25, 0.3) is 0 Å². The number of carbonyl (C=O) groups excluding carboxylic acids is 2. The van der Waals surface area contributed by atoms with Gasteiger partial charge >= 0.3 is 0 Å². The Morgan fingerprint density at radius 3 is 2.68 bits per heavy atom. The maximum Gasteiger partial charge on any atom is 0.231 e. The third-order valence-electron chi connectivity index (χ3n) is 4.33. The average molecular weight is 414 g/mol. The Morgan fingerprint density at radius 2 is 1.93 bits per heavy atom. The van der Waals surface area contributed by atoms with Crippen LogP contribution in [-0.2, 0) is 22.4 Å². The molecule has 0 saturated carbocycles. The van der Waals surface area contributed by atoms with E-state index in [0.717, 1.165) is 16.0 Å². The van der Waals surface area contributed by atoms with E-state index >= 15 is 0 Å². The van der Waals surface area contributed by atoms with Crippen LogP contribution in [-0.4, -0.2) is 16.8 Å². The summed E-state index contributed by atoms with van der Waals surface area (Å²) in [6.07, 6.45) is 0.521. The van der Waals surface area contributed by atoms with Gasteiger partial charge in [-0.2, -0.15) is 0 Å². The molecule has 0 aliphatic carbocycles. The number of carbonyl (C=O) groups is 2. The molecule has 0 bridgehead atoms. The third kappa shape index (κ3) is 5.50. The first-order chi connectivity index (χ1) is 13.4. The molecule has 0 fully saturated rings. The number of thiazole rings is 1. The smallest absolute Gasteiger partial charge is 0.231 e. The fraction of sp³-hybridized carbons (Fsp3) is 0.286. The van der Waals surface area contributed by atoms with E-state index in [1.807, 2.05) is 43.7 Å². The molecule has 0 aliphatic heterocycles. The number of hydrogen-bond donors (Lipinski definition) is 2. The number of nitrogens with zero attached hydrogens (tertiary/aromatic N) is 1. The van der Waals surface area contributed by atoms with Crippen molar-refractivity contribution in [2.75, 3.05) is 5.32 Å². The van der Waals surface area contributed by atoms with Crippen LogP contribution in [0.3, 0.4) is 0 Å². The summed E-state index contributed by atoms with van der Waals surface area (Å²) in [5.41, 5.74) is 4.10. The lowest BCUT2D eigenvalue weighted by atomic mass is 10.00. The normalized spacial score (nSPS) is 11.8. The summed E-state index contributed by atoms with van der Waals surface area (Å²) in [5.74, 6) is -0.188. The van der Waals surface area contributed by atoms with Gasteiger partial charge in [-0.25, -0.2) is 4.98 Å². The van der Waals surface area contributed by atoms with Gasteiger partial charge in [-0.15, -0.1) is 22.7 Å². The van der Waals surface area contributed by atoms with Crippen molar-refractivity contribution in [3.8, 4) is 0 Å². The summed E-state index contributed by atoms with van der Waals surface area (Å²) in [7, 11) is 0. The summed E-state index contributed by atoms with van der Waals surface area (Å²) >= 11 is 2.88. The molecule has 0 radical (unpaired) electrons. The summed E-state index contributed by atoms with van der Waals surface area (Å²) in [6.45, 7) is 6.07. The van der Waals surface area contributed by atoms with E-state index in [1.54, 1.807) is 11.3 Å². The molecule has 1 aromatic carbocycles. The van der Waals surface area contributed by atoms with Crippen molar-refractivity contribution in [3.63, 3.8) is 0 Å². The fourth-order valence-corrected chi connectivity index (χ4v) is 4.37. The zero-order valence-corrected chi connectivity index (χ0v) is 17.7. The number of aromatic nitrogens is 1. The Morgan fingerprint density at radius 1 is 1.11 bits per heavy atom. The van der Waals surface area contributed by atoms with Crippen molar-refractivity contribution in [3.05, 3.63) is 68.4 Å². The summed E-state index contributed by atoms with van der Waals surface area (Å²) in [5, 5.41) is 10.1. The van der Waals surface area contributed by atoms with E-state index < -0.39 is 0 Å². The molecule has 7 heteroatoms. The predicted octanol–water partition coefficient (Wildman–Crippen LogP) is 4.42. The molecule has 28 heavy (non-hydrogen) atoms. The van der Waals surface area contributed by atoms with Crippen LogP contribution in [0.1, 0.15) is 40.2 Å². The number of thiophene rings is 1. The van der Waals surface area contributed by atoms with E-state index in [1.165, 1.54) is 16.9 Å². The molecule has 2 heterocycles. The molecule has 5 nitrogen and oxygen atoms in total. The Kier molecular flexibility index (Phi) is 6.59. The van der Waals surface area contributed by atoms with Gasteiger partial charge in [-0.05, 0) is 43.3 Å². The first-order valence-electron chi connectivity index (χ1n) is 9.04. The molecule has 146 valence electrons. The van der Waals surface area contributed by atoms with Gasteiger partial charge in [0.15, 0.2) is 5.13 Å². The SMILES string of the molecule is Cc1ccc(C)c(C(C)NC(=O)Cc2csc(NC(=O)Cc3cccs3)n2)c1. The number of rotatable bonds is 7. The first-order valence-corrected chi connectivity index (χ1v) is 10.8. The zero-order valence-electron chi connectivity index (χ0n) is 16.1. The summed E-state index contributed by atoms with van der Waals surface area (Å²) in [6, 6.07) is 10.0. The number of anilines is 1. The van der Waals surface area contributed by atoms with Crippen molar-refractivity contribution in [2.45, 2.75) is 39.7 Å². The van der Waals surface area contributed by atoms with Gasteiger partial charge < -0.3 is 10.6 Å². The topological polar surface area (TPSA) is 71.1 Å². The van der Waals surface area contributed by atoms with E-state index in [-0.39, 0.29) is 24.3 Å². The van der Waals surface area contributed by atoms with Gasteiger partial charge in [0.05, 0.1) is 24.6 Å². The van der Waals surface area contributed by atoms with E-state index in [9.17, 15) is 9.59 Å². The van der Waals surface area contributed by atoms with Crippen LogP contribution in [0.5, 0.6) is 0 Å². The van der Waals surface area contributed by atoms with Gasteiger partial charge in [-0.3, -0.25) is 9.59 Å². The molecular formula is C21H23N3O2S2. The highest BCUT2D eigenvalue weighted by molar-refractivity contribution is 7.14. The minimum absolute atomic E-state index is 0.0731. The second kappa shape index (κ2) is 9.12. The minimum atomic E-state index is -0.101. The first kappa shape index (κ1) is 20.2. The van der Waals surface area contributed by atoms with Gasteiger partial charge in [0.25, 0.3) is 0 Å². The van der Waals surface area contributed by atoms with Gasteiger partial charge in [0.1, 0.15) is 0 Å². The lowest BCUT2D eigenvalue weighted by molar-refractivity contribution is -0.121. The molecule has 3 aromatic rings. The number of hydrogen-bond acceptors (Lipinski definition) is 5. The van der Waals surface area contributed by atoms with Crippen LogP contribution < -0.4 is 10.6 Å². The van der Waals surface area contributed by atoms with Crippen molar-refractivity contribution >= 4 is 39.6 Å². The monoisotopic (exact) mass is 413 g/mol. The van der Waals surface area contributed by atoms with E-state index in [0.29, 0.717) is 17.2 Å². The van der Waals surface area contributed by atoms with E-state index in [4.69, 9.17) is 0 Å². The molecular weight excluding hydrogens is 390 g/mol. The van der Waals surface area contributed by atoms with Crippen LogP contribution in [0, 0.1) is 13.8 Å². The number of aryl methyl sites for hydroxylation is 2. The van der Waals surface area contributed by atoms with Crippen LogP contribution in [0.15, 0.2) is 41.1 Å². The van der Waals surface area contributed by atoms with Crippen molar-refractivity contribution < 1.29 is 9.59 Å². The Bertz CT molecular complexity index is 964. The molecule has 2 N–H and O–H groups in total. The summed E-state index contributed by atoms with van der Waals surface area (Å²) < 4.78 is 0. The van der Waals surface area contributed by atoms with Gasteiger partial charge in [-0.1, -0.05) is 29.8 Å². The van der Waals surface area contributed by atoms with Gasteiger partial charge in [0.2, 0.25) is 11.8 Å². The Balaban J connectivity index is 1.53. The molecule has 0 saturated heterocycles. The molecule has 0 aliphatic rings. The number of nitrogens with one attached hydrogen (secondary N) is 2. The maximum absolute atomic E-state index is 12.4.